The molecule has 0 fully saturated rings. The van der Waals surface area contributed by atoms with Crippen molar-refractivity contribution in [3.05, 3.63) is 41.5 Å². The lowest BCUT2D eigenvalue weighted by molar-refractivity contribution is -0.140. The summed E-state index contributed by atoms with van der Waals surface area (Å²) < 4.78 is 17.2. The van der Waals surface area contributed by atoms with Crippen molar-refractivity contribution < 1.29 is 18.7 Å². The van der Waals surface area contributed by atoms with Crippen molar-refractivity contribution in [3.8, 4) is 0 Å². The molecule has 0 aliphatic heterocycles. The van der Waals surface area contributed by atoms with Gasteiger partial charge in [0, 0.05) is 0 Å². The van der Waals surface area contributed by atoms with Crippen LogP contribution in [-0.4, -0.2) is 46.5 Å². The van der Waals surface area contributed by atoms with Crippen LogP contribution < -0.4 is 5.32 Å². The second-order valence-corrected chi connectivity index (χ2v) is 5.47. The summed E-state index contributed by atoms with van der Waals surface area (Å²) in [5.74, 6) is -0.540. The SMILES string of the molecule is COC(=O)CNC(=O)CSc1n[nH]c(/C=C/c2ccc(F)cc2)n1. The number of thioether (sulfide) groups is 1. The molecule has 0 spiro atoms. The molecule has 0 unspecified atom stereocenters. The number of carbonyl (C=O) groups excluding carboxylic acids is 2. The van der Waals surface area contributed by atoms with Crippen LogP contribution in [0.2, 0.25) is 0 Å². The van der Waals surface area contributed by atoms with Gasteiger partial charge in [-0.25, -0.2) is 9.37 Å². The highest BCUT2D eigenvalue weighted by atomic mass is 32.2. The summed E-state index contributed by atoms with van der Waals surface area (Å²) in [6.07, 6.45) is 3.46. The maximum absolute atomic E-state index is 12.8. The Kier molecular flexibility index (Phi) is 6.50. The molecule has 2 aromatic rings. The number of carbonyl (C=O) groups is 2. The highest BCUT2D eigenvalue weighted by Gasteiger charge is 2.08. The van der Waals surface area contributed by atoms with Crippen molar-refractivity contribution in [1.82, 2.24) is 20.5 Å². The molecule has 0 aliphatic carbocycles. The minimum Gasteiger partial charge on any atom is -0.468 e. The Morgan fingerprint density at radius 1 is 1.33 bits per heavy atom. The number of hydrogen-bond acceptors (Lipinski definition) is 6. The van der Waals surface area contributed by atoms with E-state index in [1.54, 1.807) is 24.3 Å². The number of ether oxygens (including phenoxy) is 1. The number of amides is 1. The molecule has 0 saturated carbocycles. The number of esters is 1. The van der Waals surface area contributed by atoms with Crippen molar-refractivity contribution in [3.63, 3.8) is 0 Å². The van der Waals surface area contributed by atoms with Crippen molar-refractivity contribution in [2.24, 2.45) is 0 Å². The molecular formula is C15H15FN4O3S. The van der Waals surface area contributed by atoms with Crippen molar-refractivity contribution in [2.45, 2.75) is 5.16 Å². The number of hydrogen-bond donors (Lipinski definition) is 2. The molecule has 9 heteroatoms. The Bertz CT molecular complexity index is 731. The third-order valence-corrected chi connectivity index (χ3v) is 3.62. The Balaban J connectivity index is 1.81. The molecule has 1 heterocycles. The van der Waals surface area contributed by atoms with E-state index in [1.165, 1.54) is 19.2 Å². The number of aromatic nitrogens is 3. The second kappa shape index (κ2) is 8.82. The molecule has 1 aromatic carbocycles. The third-order valence-electron chi connectivity index (χ3n) is 2.78. The molecule has 0 atom stereocenters. The zero-order valence-corrected chi connectivity index (χ0v) is 13.6. The average molecular weight is 350 g/mol. The lowest BCUT2D eigenvalue weighted by Crippen LogP contribution is -2.31. The van der Waals surface area contributed by atoms with Crippen LogP contribution in [0.25, 0.3) is 12.2 Å². The minimum atomic E-state index is -0.514. The minimum absolute atomic E-state index is 0.0793. The number of methoxy groups -OCH3 is 1. The zero-order chi connectivity index (χ0) is 17.4. The lowest BCUT2D eigenvalue weighted by Gasteiger charge is -2.01. The second-order valence-electron chi connectivity index (χ2n) is 4.53. The molecule has 1 aromatic heterocycles. The summed E-state index contributed by atoms with van der Waals surface area (Å²) in [5.41, 5.74) is 0.823. The number of aromatic amines is 1. The van der Waals surface area contributed by atoms with Gasteiger partial charge in [0.25, 0.3) is 0 Å². The van der Waals surface area contributed by atoms with Gasteiger partial charge >= 0.3 is 5.97 Å². The van der Waals surface area contributed by atoms with Crippen LogP contribution >= 0.6 is 11.8 Å². The lowest BCUT2D eigenvalue weighted by atomic mass is 10.2. The zero-order valence-electron chi connectivity index (χ0n) is 12.8. The third kappa shape index (κ3) is 5.84. The summed E-state index contributed by atoms with van der Waals surface area (Å²) >= 11 is 1.13. The fraction of sp³-hybridized carbons (Fsp3) is 0.200. The van der Waals surface area contributed by atoms with Gasteiger partial charge in [-0.2, -0.15) is 0 Å². The van der Waals surface area contributed by atoms with Crippen molar-refractivity contribution in [1.29, 1.82) is 0 Å². The molecule has 0 saturated heterocycles. The molecule has 24 heavy (non-hydrogen) atoms. The largest absolute Gasteiger partial charge is 0.468 e. The molecule has 0 radical (unpaired) electrons. The van der Waals surface area contributed by atoms with E-state index in [-0.39, 0.29) is 24.0 Å². The van der Waals surface area contributed by atoms with Gasteiger partial charge in [-0.05, 0) is 23.8 Å². The van der Waals surface area contributed by atoms with E-state index in [2.05, 4.69) is 25.2 Å². The van der Waals surface area contributed by atoms with E-state index in [4.69, 9.17) is 0 Å². The summed E-state index contributed by atoms with van der Waals surface area (Å²) in [7, 11) is 1.25. The molecule has 2 rings (SSSR count). The van der Waals surface area contributed by atoms with Gasteiger partial charge in [-0.15, -0.1) is 5.10 Å². The molecule has 126 valence electrons. The van der Waals surface area contributed by atoms with E-state index in [1.807, 2.05) is 0 Å². The van der Waals surface area contributed by atoms with E-state index < -0.39 is 5.97 Å². The number of H-pyrrole nitrogens is 1. The highest BCUT2D eigenvalue weighted by molar-refractivity contribution is 7.99. The maximum atomic E-state index is 12.8. The fourth-order valence-electron chi connectivity index (χ4n) is 1.57. The molecule has 1 amide bonds. The van der Waals surface area contributed by atoms with Crippen molar-refractivity contribution >= 4 is 35.8 Å². The topological polar surface area (TPSA) is 97.0 Å². The van der Waals surface area contributed by atoms with Gasteiger partial charge in [0.2, 0.25) is 11.1 Å². The van der Waals surface area contributed by atoms with Crippen LogP contribution in [0.4, 0.5) is 4.39 Å². The fourth-order valence-corrected chi connectivity index (χ4v) is 2.21. The first-order chi connectivity index (χ1) is 11.6. The molecule has 0 aliphatic rings. The van der Waals surface area contributed by atoms with Gasteiger partial charge in [-0.3, -0.25) is 14.7 Å². The predicted octanol–water partition coefficient (Wildman–Crippen LogP) is 1.50. The van der Waals surface area contributed by atoms with E-state index in [0.717, 1.165) is 17.3 Å². The summed E-state index contributed by atoms with van der Waals surface area (Å²) in [4.78, 5) is 26.6. The van der Waals surface area contributed by atoms with Gasteiger partial charge in [0.15, 0.2) is 0 Å². The number of rotatable bonds is 7. The first-order valence-electron chi connectivity index (χ1n) is 6.89. The number of halogens is 1. The van der Waals surface area contributed by atoms with Crippen LogP contribution in [0.5, 0.6) is 0 Å². The quantitative estimate of drug-likeness (QED) is 0.580. The van der Waals surface area contributed by atoms with E-state index in [0.29, 0.717) is 11.0 Å². The smallest absolute Gasteiger partial charge is 0.325 e. The Morgan fingerprint density at radius 3 is 2.79 bits per heavy atom. The van der Waals surface area contributed by atoms with Gasteiger partial charge in [-0.1, -0.05) is 30.0 Å². The summed E-state index contributed by atoms with van der Waals surface area (Å²) in [5, 5.41) is 9.51. The molecule has 0 bridgehead atoms. The molecular weight excluding hydrogens is 335 g/mol. The van der Waals surface area contributed by atoms with Crippen LogP contribution in [0.1, 0.15) is 11.4 Å². The van der Waals surface area contributed by atoms with Gasteiger partial charge < -0.3 is 10.1 Å². The summed E-state index contributed by atoms with van der Waals surface area (Å²) in [6, 6.07) is 6.02. The van der Waals surface area contributed by atoms with Gasteiger partial charge in [0.05, 0.1) is 12.9 Å². The van der Waals surface area contributed by atoms with Crippen LogP contribution in [0.3, 0.4) is 0 Å². The van der Waals surface area contributed by atoms with Gasteiger partial charge in [0.1, 0.15) is 18.2 Å². The average Bonchev–Trinajstić information content (AvgIpc) is 3.05. The number of nitrogens with zero attached hydrogens (tertiary/aromatic N) is 2. The first-order valence-corrected chi connectivity index (χ1v) is 7.88. The number of benzene rings is 1. The van der Waals surface area contributed by atoms with Crippen molar-refractivity contribution in [2.75, 3.05) is 19.4 Å². The number of nitrogens with one attached hydrogen (secondary N) is 2. The maximum Gasteiger partial charge on any atom is 0.325 e. The standard InChI is InChI=1S/C15H15FN4O3S/c1-23-14(22)8-17-13(21)9-24-15-18-12(19-20-15)7-4-10-2-5-11(16)6-3-10/h2-7H,8-9H2,1H3,(H,17,21)(H,18,19,20)/b7-4+. The van der Waals surface area contributed by atoms with Crippen LogP contribution in [-0.2, 0) is 14.3 Å². The molecule has 2 N–H and O–H groups in total. The molecule has 7 nitrogen and oxygen atoms in total. The Morgan fingerprint density at radius 2 is 2.08 bits per heavy atom. The first kappa shape index (κ1) is 17.7. The summed E-state index contributed by atoms with van der Waals surface area (Å²) in [6.45, 7) is -0.171. The Labute approximate surface area is 141 Å². The van der Waals surface area contributed by atoms with E-state index in [9.17, 15) is 14.0 Å². The highest BCUT2D eigenvalue weighted by Crippen LogP contribution is 2.13. The van der Waals surface area contributed by atoms with Crippen LogP contribution in [0, 0.1) is 5.82 Å². The predicted molar refractivity (Wildman–Crippen MR) is 87.5 cm³/mol. The van der Waals surface area contributed by atoms with Crippen LogP contribution in [0.15, 0.2) is 29.4 Å². The normalized spacial score (nSPS) is 10.8. The Hall–Kier alpha value is -2.68. The van der Waals surface area contributed by atoms with E-state index >= 15 is 0 Å². The monoisotopic (exact) mass is 350 g/mol.